The molecule has 0 radical (unpaired) electrons. The van der Waals surface area contributed by atoms with Crippen LogP contribution in [-0.2, 0) is 65.4 Å². The number of rotatable bonds is 75. The number of ether oxygens (including phenoxy) is 4. The molecule has 0 aromatic rings. The molecular formula is C75H146O17P2. The Balaban J connectivity index is 5.25. The van der Waals surface area contributed by atoms with Gasteiger partial charge in [-0.05, 0) is 31.6 Å². The van der Waals surface area contributed by atoms with Crippen LogP contribution in [0.2, 0.25) is 0 Å². The third kappa shape index (κ3) is 68.6. The number of hydrogen-bond donors (Lipinski definition) is 3. The molecule has 0 aromatic carbocycles. The van der Waals surface area contributed by atoms with E-state index in [1.54, 1.807) is 0 Å². The van der Waals surface area contributed by atoms with Crippen LogP contribution < -0.4 is 0 Å². The Bertz CT molecular complexity index is 1810. The van der Waals surface area contributed by atoms with Gasteiger partial charge in [-0.15, -0.1) is 0 Å². The lowest BCUT2D eigenvalue weighted by Gasteiger charge is -2.21. The van der Waals surface area contributed by atoms with Gasteiger partial charge in [0.25, 0.3) is 0 Å². The van der Waals surface area contributed by atoms with Crippen molar-refractivity contribution in [2.45, 2.75) is 412 Å². The maximum absolute atomic E-state index is 13.1. The SMILES string of the molecule is CCCCCCCCCCCCCCCCC(=O)OC[C@H](COP(=O)(O)OC[C@@H](O)COP(=O)(O)OC[C@@H](COC(=O)CCCCCCCCCCCC)OC(=O)CCCCCCCCCCCCCCCC)OC(=O)CCCCCCCCCCCCCCCC(C)C. The molecule has 0 saturated carbocycles. The van der Waals surface area contributed by atoms with Gasteiger partial charge in [-0.3, -0.25) is 37.3 Å². The fourth-order valence-corrected chi connectivity index (χ4v) is 13.1. The molecule has 0 rings (SSSR count). The molecule has 0 aliphatic heterocycles. The molecule has 0 fully saturated rings. The summed E-state index contributed by atoms with van der Waals surface area (Å²) in [5.41, 5.74) is 0. The summed E-state index contributed by atoms with van der Waals surface area (Å²) in [7, 11) is -9.91. The summed E-state index contributed by atoms with van der Waals surface area (Å²) in [5, 5.41) is 10.6. The lowest BCUT2D eigenvalue weighted by atomic mass is 10.0. The molecule has 0 aromatic heterocycles. The van der Waals surface area contributed by atoms with E-state index >= 15 is 0 Å². The lowest BCUT2D eigenvalue weighted by Crippen LogP contribution is -2.30. The van der Waals surface area contributed by atoms with E-state index in [9.17, 15) is 43.2 Å². The van der Waals surface area contributed by atoms with Gasteiger partial charge in [-0.1, -0.05) is 343 Å². The van der Waals surface area contributed by atoms with Crippen molar-refractivity contribution in [3.8, 4) is 0 Å². The molecule has 0 heterocycles. The Kier molecular flexibility index (Phi) is 66.8. The van der Waals surface area contributed by atoms with Crippen molar-refractivity contribution in [1.82, 2.24) is 0 Å². The number of unbranched alkanes of at least 4 members (excludes halogenated alkanes) is 47. The Labute approximate surface area is 575 Å². The van der Waals surface area contributed by atoms with E-state index in [1.165, 1.54) is 218 Å². The number of aliphatic hydroxyl groups excluding tert-OH is 1. The summed E-state index contributed by atoms with van der Waals surface area (Å²) in [4.78, 5) is 72.8. The summed E-state index contributed by atoms with van der Waals surface area (Å²) < 4.78 is 68.5. The third-order valence-corrected chi connectivity index (χ3v) is 19.4. The summed E-state index contributed by atoms with van der Waals surface area (Å²) in [5.74, 6) is -1.33. The monoisotopic (exact) mass is 1380 g/mol. The van der Waals surface area contributed by atoms with E-state index < -0.39 is 97.5 Å². The van der Waals surface area contributed by atoms with Crippen LogP contribution in [0, 0.1) is 5.92 Å². The Hall–Kier alpha value is -1.94. The molecule has 3 N–H and O–H groups in total. The van der Waals surface area contributed by atoms with Crippen molar-refractivity contribution in [1.29, 1.82) is 0 Å². The van der Waals surface area contributed by atoms with E-state index in [0.29, 0.717) is 25.7 Å². The zero-order chi connectivity index (χ0) is 69.1. The zero-order valence-corrected chi connectivity index (χ0v) is 62.9. The predicted molar refractivity (Wildman–Crippen MR) is 382 cm³/mol. The third-order valence-electron chi connectivity index (χ3n) is 17.5. The second-order valence-electron chi connectivity index (χ2n) is 27.5. The molecule has 94 heavy (non-hydrogen) atoms. The molecule has 558 valence electrons. The van der Waals surface area contributed by atoms with Gasteiger partial charge in [0.2, 0.25) is 0 Å². The first-order chi connectivity index (χ1) is 45.5. The normalized spacial score (nSPS) is 14.0. The molecular weight excluding hydrogens is 1230 g/mol. The Morgan fingerprint density at radius 1 is 0.287 bits per heavy atom. The second kappa shape index (κ2) is 68.2. The summed E-state index contributed by atoms with van der Waals surface area (Å²) in [6.07, 6.45) is 56.7. The van der Waals surface area contributed by atoms with E-state index in [0.717, 1.165) is 95.8 Å². The summed E-state index contributed by atoms with van der Waals surface area (Å²) in [6.45, 7) is 7.31. The molecule has 2 unspecified atom stereocenters. The van der Waals surface area contributed by atoms with Crippen molar-refractivity contribution >= 4 is 39.5 Å². The molecule has 5 atom stereocenters. The van der Waals surface area contributed by atoms with Gasteiger partial charge >= 0.3 is 39.5 Å². The Morgan fingerprint density at radius 3 is 0.723 bits per heavy atom. The zero-order valence-electron chi connectivity index (χ0n) is 61.1. The number of esters is 4. The number of carbonyl (C=O) groups is 4. The molecule has 17 nitrogen and oxygen atoms in total. The number of phosphoric ester groups is 2. The van der Waals surface area contributed by atoms with Gasteiger partial charge in [-0.2, -0.15) is 0 Å². The number of carbonyl (C=O) groups excluding carboxylic acids is 4. The van der Waals surface area contributed by atoms with Gasteiger partial charge in [0, 0.05) is 25.7 Å². The molecule has 0 aliphatic rings. The highest BCUT2D eigenvalue weighted by atomic mass is 31.2. The van der Waals surface area contributed by atoms with Crippen LogP contribution in [0.5, 0.6) is 0 Å². The summed E-state index contributed by atoms with van der Waals surface area (Å²) in [6, 6.07) is 0. The van der Waals surface area contributed by atoms with Crippen molar-refractivity contribution in [2.24, 2.45) is 5.92 Å². The quantitative estimate of drug-likeness (QED) is 0.0222. The Morgan fingerprint density at radius 2 is 0.489 bits per heavy atom. The van der Waals surface area contributed by atoms with Crippen LogP contribution in [0.25, 0.3) is 0 Å². The molecule has 0 saturated heterocycles. The van der Waals surface area contributed by atoms with Crippen molar-refractivity contribution in [3.63, 3.8) is 0 Å². The number of hydrogen-bond acceptors (Lipinski definition) is 15. The number of aliphatic hydroxyl groups is 1. The highest BCUT2D eigenvalue weighted by Crippen LogP contribution is 2.45. The van der Waals surface area contributed by atoms with Crippen LogP contribution >= 0.6 is 15.6 Å². The van der Waals surface area contributed by atoms with Crippen LogP contribution in [0.4, 0.5) is 0 Å². The first-order valence-corrected chi connectivity index (χ1v) is 42.1. The highest BCUT2D eigenvalue weighted by Gasteiger charge is 2.30. The molecule has 0 spiro atoms. The van der Waals surface area contributed by atoms with E-state index in [-0.39, 0.29) is 25.7 Å². The largest absolute Gasteiger partial charge is 0.472 e. The van der Waals surface area contributed by atoms with Crippen molar-refractivity contribution in [3.05, 3.63) is 0 Å². The van der Waals surface area contributed by atoms with Crippen molar-refractivity contribution < 1.29 is 80.2 Å². The van der Waals surface area contributed by atoms with Gasteiger partial charge < -0.3 is 33.8 Å². The maximum Gasteiger partial charge on any atom is 0.472 e. The van der Waals surface area contributed by atoms with Gasteiger partial charge in [0.15, 0.2) is 12.2 Å². The van der Waals surface area contributed by atoms with E-state index in [2.05, 4.69) is 34.6 Å². The first-order valence-electron chi connectivity index (χ1n) is 39.1. The number of phosphoric acid groups is 2. The van der Waals surface area contributed by atoms with E-state index in [1.807, 2.05) is 0 Å². The van der Waals surface area contributed by atoms with Crippen LogP contribution in [-0.4, -0.2) is 96.7 Å². The minimum absolute atomic E-state index is 0.108. The summed E-state index contributed by atoms with van der Waals surface area (Å²) >= 11 is 0. The average Bonchev–Trinajstić information content (AvgIpc) is 1.34. The molecule has 0 bridgehead atoms. The molecule has 0 amide bonds. The minimum atomic E-state index is -4.96. The van der Waals surface area contributed by atoms with Gasteiger partial charge in [0.05, 0.1) is 26.4 Å². The average molecular weight is 1380 g/mol. The highest BCUT2D eigenvalue weighted by molar-refractivity contribution is 7.47. The van der Waals surface area contributed by atoms with Crippen LogP contribution in [0.15, 0.2) is 0 Å². The van der Waals surface area contributed by atoms with Crippen molar-refractivity contribution in [2.75, 3.05) is 39.6 Å². The minimum Gasteiger partial charge on any atom is -0.462 e. The smallest absolute Gasteiger partial charge is 0.462 e. The topological polar surface area (TPSA) is 237 Å². The van der Waals surface area contributed by atoms with Gasteiger partial charge in [-0.25, -0.2) is 9.13 Å². The standard InChI is InChI=1S/C75H146O17P2/c1-6-9-12-15-18-21-24-26-30-34-39-44-49-54-59-73(78)86-65-71(92-75(80)61-56-51-46-41-36-32-28-29-33-37-42-47-52-57-68(4)5)67-90-94(83,84)88-63-69(76)62-87-93(81,82)89-66-70(64-85-72(77)58-53-48-43-38-23-20-17-14-11-8-3)91-74(79)60-55-50-45-40-35-31-27-25-22-19-16-13-10-7-2/h68-71,76H,6-67H2,1-5H3,(H,81,82)(H,83,84)/t69-,70+,71+/m0/s1. The van der Waals surface area contributed by atoms with Crippen LogP contribution in [0.3, 0.4) is 0 Å². The van der Waals surface area contributed by atoms with Crippen LogP contribution in [0.1, 0.15) is 394 Å². The predicted octanol–water partition coefficient (Wildman–Crippen LogP) is 22.1. The fraction of sp³-hybridized carbons (Fsp3) is 0.947. The van der Waals surface area contributed by atoms with E-state index in [4.69, 9.17) is 37.0 Å². The van der Waals surface area contributed by atoms with Gasteiger partial charge in [0.1, 0.15) is 19.3 Å². The molecule has 0 aliphatic carbocycles. The fourth-order valence-electron chi connectivity index (χ4n) is 11.5. The molecule has 19 heteroatoms. The second-order valence-corrected chi connectivity index (χ2v) is 30.4. The lowest BCUT2D eigenvalue weighted by molar-refractivity contribution is -0.161. The first kappa shape index (κ1) is 92.1. The maximum atomic E-state index is 13.1.